The number of carboxylic acid groups (broad SMARTS) is 1. The van der Waals surface area contributed by atoms with Crippen molar-refractivity contribution in [2.75, 3.05) is 7.11 Å². The van der Waals surface area contributed by atoms with Gasteiger partial charge in [0.2, 0.25) is 0 Å². The van der Waals surface area contributed by atoms with E-state index in [2.05, 4.69) is 17.1 Å². The van der Waals surface area contributed by atoms with E-state index in [0.717, 1.165) is 22.4 Å². The minimum absolute atomic E-state index is 0.377. The van der Waals surface area contributed by atoms with Crippen LogP contribution >= 0.6 is 0 Å². The second-order valence-electron chi connectivity index (χ2n) is 6.18. The molecule has 1 N–H and O–H groups in total. The summed E-state index contributed by atoms with van der Waals surface area (Å²) in [7, 11) is 1.51. The average Bonchev–Trinajstić information content (AvgIpc) is 2.73. The normalized spacial score (nSPS) is 11.9. The van der Waals surface area contributed by atoms with Crippen LogP contribution in [0.15, 0.2) is 77.8 Å². The molecule has 0 aliphatic carbocycles. The molecule has 0 spiro atoms. The molecule has 0 saturated heterocycles. The Morgan fingerprint density at radius 2 is 1.64 bits per heavy atom. The summed E-state index contributed by atoms with van der Waals surface area (Å²) in [6.07, 6.45) is 0.765. The van der Waals surface area contributed by atoms with Crippen molar-refractivity contribution in [3.63, 3.8) is 0 Å². The summed E-state index contributed by atoms with van der Waals surface area (Å²) < 4.78 is 10.7. The molecule has 0 aliphatic heterocycles. The lowest BCUT2D eigenvalue weighted by molar-refractivity contribution is -0.144. The fourth-order valence-electron chi connectivity index (χ4n) is 2.62. The highest BCUT2D eigenvalue weighted by Gasteiger charge is 2.15. The van der Waals surface area contributed by atoms with E-state index in [1.165, 1.54) is 14.0 Å². The quantitative estimate of drug-likeness (QED) is 0.592. The van der Waals surface area contributed by atoms with Crippen LogP contribution < -0.4 is 9.47 Å². The number of aliphatic imine (C=N–C) groups is 1. The monoisotopic (exact) mass is 375 g/mol. The number of carboxylic acids is 1. The summed E-state index contributed by atoms with van der Waals surface area (Å²) in [4.78, 5) is 15.4. The van der Waals surface area contributed by atoms with Crippen molar-refractivity contribution in [2.24, 2.45) is 4.99 Å². The van der Waals surface area contributed by atoms with Crippen LogP contribution in [0.25, 0.3) is 11.1 Å². The molecule has 0 bridgehead atoms. The lowest BCUT2D eigenvalue weighted by Gasteiger charge is -2.14. The molecule has 3 aromatic carbocycles. The zero-order valence-corrected chi connectivity index (χ0v) is 15.7. The molecule has 0 fully saturated rings. The summed E-state index contributed by atoms with van der Waals surface area (Å²) in [6, 6.07) is 23.4. The Morgan fingerprint density at radius 1 is 0.964 bits per heavy atom. The third kappa shape index (κ3) is 4.76. The number of ether oxygens (including phenoxy) is 2. The third-order valence-corrected chi connectivity index (χ3v) is 4.18. The highest BCUT2D eigenvalue weighted by atomic mass is 16.5. The first-order valence-electron chi connectivity index (χ1n) is 8.84. The number of methoxy groups -OCH3 is 1. The Hall–Kier alpha value is -3.60. The van der Waals surface area contributed by atoms with Crippen molar-refractivity contribution in [2.45, 2.75) is 13.0 Å². The molecule has 0 aliphatic rings. The van der Waals surface area contributed by atoms with Crippen LogP contribution in [0.4, 0.5) is 5.69 Å². The molecule has 142 valence electrons. The van der Waals surface area contributed by atoms with E-state index in [1.54, 1.807) is 24.4 Å². The lowest BCUT2D eigenvalue weighted by Crippen LogP contribution is -2.23. The number of benzene rings is 3. The van der Waals surface area contributed by atoms with Crippen molar-refractivity contribution in [3.05, 3.63) is 78.4 Å². The zero-order valence-electron chi connectivity index (χ0n) is 15.7. The van der Waals surface area contributed by atoms with Crippen LogP contribution in [-0.2, 0) is 4.79 Å². The molecule has 28 heavy (non-hydrogen) atoms. The summed E-state index contributed by atoms with van der Waals surface area (Å²) in [5, 5.41) is 8.98. The number of hydrogen-bond acceptors (Lipinski definition) is 4. The van der Waals surface area contributed by atoms with Gasteiger partial charge in [0.1, 0.15) is 0 Å². The molecular weight excluding hydrogens is 354 g/mol. The van der Waals surface area contributed by atoms with Gasteiger partial charge in [-0.15, -0.1) is 0 Å². The first-order valence-corrected chi connectivity index (χ1v) is 8.84. The molecule has 0 unspecified atom stereocenters. The molecular formula is C23H21NO4. The van der Waals surface area contributed by atoms with E-state index in [1.807, 2.05) is 42.5 Å². The van der Waals surface area contributed by atoms with Crippen molar-refractivity contribution < 1.29 is 19.4 Å². The molecule has 0 amide bonds. The predicted molar refractivity (Wildman–Crippen MR) is 110 cm³/mol. The van der Waals surface area contributed by atoms with Gasteiger partial charge in [0.05, 0.1) is 12.8 Å². The largest absolute Gasteiger partial charge is 0.493 e. The second kappa shape index (κ2) is 8.86. The highest BCUT2D eigenvalue weighted by molar-refractivity contribution is 5.83. The van der Waals surface area contributed by atoms with Crippen molar-refractivity contribution in [3.8, 4) is 22.6 Å². The van der Waals surface area contributed by atoms with E-state index in [4.69, 9.17) is 14.6 Å². The summed E-state index contributed by atoms with van der Waals surface area (Å²) in [5.41, 5.74) is 3.95. The van der Waals surface area contributed by atoms with E-state index in [9.17, 15) is 4.79 Å². The molecule has 5 nitrogen and oxygen atoms in total. The second-order valence-corrected chi connectivity index (χ2v) is 6.18. The molecule has 0 saturated carbocycles. The molecule has 3 rings (SSSR count). The maximum Gasteiger partial charge on any atom is 0.344 e. The predicted octanol–water partition coefficient (Wildman–Crippen LogP) is 4.96. The van der Waals surface area contributed by atoms with Crippen LogP contribution in [0.5, 0.6) is 11.5 Å². The Kier molecular flexibility index (Phi) is 6.07. The van der Waals surface area contributed by atoms with Gasteiger partial charge in [0, 0.05) is 6.21 Å². The van der Waals surface area contributed by atoms with Crippen LogP contribution in [0.1, 0.15) is 12.5 Å². The maximum absolute atomic E-state index is 11.0. The standard InChI is InChI=1S/C23H21NO4/c1-16(23(25)26)28-21-13-8-17(14-22(21)27-2)15-24-20-11-9-19(10-12-20)18-6-4-3-5-7-18/h3-16H,1-2H3,(H,25,26)/t16-/m0/s1. The van der Waals surface area contributed by atoms with Crippen LogP contribution in [0, 0.1) is 0 Å². The van der Waals surface area contributed by atoms with Gasteiger partial charge in [-0.2, -0.15) is 0 Å². The van der Waals surface area contributed by atoms with Gasteiger partial charge in [-0.3, -0.25) is 4.99 Å². The summed E-state index contributed by atoms with van der Waals surface area (Å²) >= 11 is 0. The molecule has 1 atom stereocenters. The topological polar surface area (TPSA) is 68.1 Å². The molecule has 5 heteroatoms. The Bertz CT molecular complexity index is 966. The molecule has 0 radical (unpaired) electrons. The van der Waals surface area contributed by atoms with Gasteiger partial charge < -0.3 is 14.6 Å². The van der Waals surface area contributed by atoms with E-state index >= 15 is 0 Å². The Balaban J connectivity index is 1.74. The minimum Gasteiger partial charge on any atom is -0.493 e. The van der Waals surface area contributed by atoms with E-state index < -0.39 is 12.1 Å². The van der Waals surface area contributed by atoms with Gasteiger partial charge in [-0.1, -0.05) is 42.5 Å². The first-order chi connectivity index (χ1) is 13.6. The van der Waals surface area contributed by atoms with Gasteiger partial charge in [-0.25, -0.2) is 4.79 Å². The van der Waals surface area contributed by atoms with Crippen molar-refractivity contribution in [1.29, 1.82) is 0 Å². The van der Waals surface area contributed by atoms with Crippen molar-refractivity contribution in [1.82, 2.24) is 0 Å². The summed E-state index contributed by atoms with van der Waals surface area (Å²) in [5.74, 6) is -0.204. The van der Waals surface area contributed by atoms with Crippen LogP contribution in [0.3, 0.4) is 0 Å². The van der Waals surface area contributed by atoms with E-state index in [-0.39, 0.29) is 0 Å². The van der Waals surface area contributed by atoms with Gasteiger partial charge in [-0.05, 0) is 53.9 Å². The Morgan fingerprint density at radius 3 is 2.29 bits per heavy atom. The number of carbonyl (C=O) groups is 1. The highest BCUT2D eigenvalue weighted by Crippen LogP contribution is 2.29. The number of nitrogens with zero attached hydrogens (tertiary/aromatic N) is 1. The van der Waals surface area contributed by atoms with Gasteiger partial charge in [0.25, 0.3) is 0 Å². The van der Waals surface area contributed by atoms with Crippen LogP contribution in [0.2, 0.25) is 0 Å². The molecule has 3 aromatic rings. The lowest BCUT2D eigenvalue weighted by atomic mass is 10.1. The average molecular weight is 375 g/mol. The number of aliphatic carboxylic acids is 1. The fourth-order valence-corrected chi connectivity index (χ4v) is 2.62. The molecule has 0 aromatic heterocycles. The van der Waals surface area contributed by atoms with E-state index in [0.29, 0.717) is 11.5 Å². The molecule has 0 heterocycles. The zero-order chi connectivity index (χ0) is 19.9. The fraction of sp³-hybridized carbons (Fsp3) is 0.130. The van der Waals surface area contributed by atoms with Gasteiger partial charge in [0.15, 0.2) is 17.6 Å². The third-order valence-electron chi connectivity index (χ3n) is 4.18. The maximum atomic E-state index is 11.0. The van der Waals surface area contributed by atoms with Crippen LogP contribution in [-0.4, -0.2) is 30.5 Å². The smallest absolute Gasteiger partial charge is 0.344 e. The van der Waals surface area contributed by atoms with Crippen molar-refractivity contribution >= 4 is 17.9 Å². The Labute approximate surface area is 163 Å². The SMILES string of the molecule is COc1cc(C=Nc2ccc(-c3ccccc3)cc2)ccc1O[C@@H](C)C(=O)O. The summed E-state index contributed by atoms with van der Waals surface area (Å²) in [6.45, 7) is 1.47. The number of hydrogen-bond donors (Lipinski definition) is 1. The van der Waals surface area contributed by atoms with Gasteiger partial charge >= 0.3 is 5.97 Å². The first kappa shape index (κ1) is 19.2. The number of rotatable bonds is 7. The minimum atomic E-state index is -1.04.